The summed E-state index contributed by atoms with van der Waals surface area (Å²) in [5.41, 5.74) is 0.572. The predicted molar refractivity (Wildman–Crippen MR) is 82.2 cm³/mol. The molecule has 1 aromatic carbocycles. The molecule has 2 rings (SSSR count). The minimum atomic E-state index is -0.503. The Balaban J connectivity index is 1.80. The first-order valence-corrected chi connectivity index (χ1v) is 7.78. The summed E-state index contributed by atoms with van der Waals surface area (Å²) in [4.78, 5) is 2.35. The van der Waals surface area contributed by atoms with Crippen molar-refractivity contribution in [1.82, 2.24) is 4.90 Å². The van der Waals surface area contributed by atoms with Crippen molar-refractivity contribution in [3.63, 3.8) is 0 Å². The standard InChI is InChI=1S/C17H24N2O2/c1-2-19(15-7-3-4-8-15)12-16(20)13-21-17-9-5-6-14(10-17)11-18/h5-6,9-10,15-16,20H,2-4,7-8,12-13H2,1H3. The van der Waals surface area contributed by atoms with Crippen LogP contribution < -0.4 is 4.74 Å². The van der Waals surface area contributed by atoms with E-state index in [4.69, 9.17) is 10.00 Å². The van der Waals surface area contributed by atoms with Crippen molar-refractivity contribution in [1.29, 1.82) is 5.26 Å². The van der Waals surface area contributed by atoms with E-state index in [1.807, 2.05) is 6.07 Å². The van der Waals surface area contributed by atoms with Crippen LogP contribution in [-0.4, -0.2) is 41.8 Å². The number of likely N-dealkylation sites (N-methyl/N-ethyl adjacent to an activating group) is 1. The van der Waals surface area contributed by atoms with Crippen LogP contribution in [0.15, 0.2) is 24.3 Å². The number of ether oxygens (including phenoxy) is 1. The topological polar surface area (TPSA) is 56.5 Å². The summed E-state index contributed by atoms with van der Waals surface area (Å²) in [5.74, 6) is 0.636. The Kier molecular flexibility index (Phi) is 6.04. The van der Waals surface area contributed by atoms with Crippen molar-refractivity contribution in [2.45, 2.75) is 44.8 Å². The molecule has 0 spiro atoms. The van der Waals surface area contributed by atoms with Crippen molar-refractivity contribution in [3.8, 4) is 11.8 Å². The molecule has 1 fully saturated rings. The summed E-state index contributed by atoms with van der Waals surface area (Å²) in [6.45, 7) is 4.02. The molecule has 21 heavy (non-hydrogen) atoms. The molecule has 0 radical (unpaired) electrons. The van der Waals surface area contributed by atoms with Crippen LogP contribution in [0.4, 0.5) is 0 Å². The Hall–Kier alpha value is -1.57. The maximum absolute atomic E-state index is 10.2. The summed E-state index contributed by atoms with van der Waals surface area (Å²) in [6.07, 6.45) is 4.58. The lowest BCUT2D eigenvalue weighted by atomic mass is 10.2. The zero-order valence-electron chi connectivity index (χ0n) is 12.7. The number of nitriles is 1. The van der Waals surface area contributed by atoms with Gasteiger partial charge < -0.3 is 9.84 Å². The van der Waals surface area contributed by atoms with E-state index >= 15 is 0 Å². The SMILES string of the molecule is CCN(CC(O)COc1cccc(C#N)c1)C1CCCC1. The van der Waals surface area contributed by atoms with E-state index in [-0.39, 0.29) is 6.61 Å². The zero-order chi connectivity index (χ0) is 15.1. The van der Waals surface area contributed by atoms with Crippen LogP contribution in [-0.2, 0) is 0 Å². The highest BCUT2D eigenvalue weighted by molar-refractivity contribution is 5.36. The molecule has 0 amide bonds. The summed E-state index contributed by atoms with van der Waals surface area (Å²) >= 11 is 0. The molecule has 4 nitrogen and oxygen atoms in total. The molecule has 1 N–H and O–H groups in total. The first-order valence-electron chi connectivity index (χ1n) is 7.78. The molecular weight excluding hydrogens is 264 g/mol. The Morgan fingerprint density at radius 2 is 2.19 bits per heavy atom. The summed E-state index contributed by atoms with van der Waals surface area (Å²) < 4.78 is 5.59. The van der Waals surface area contributed by atoms with Crippen LogP contribution in [0, 0.1) is 11.3 Å². The van der Waals surface area contributed by atoms with Crippen LogP contribution in [0.25, 0.3) is 0 Å². The third kappa shape index (κ3) is 4.73. The lowest BCUT2D eigenvalue weighted by Crippen LogP contribution is -2.41. The van der Waals surface area contributed by atoms with Gasteiger partial charge in [-0.3, -0.25) is 4.90 Å². The third-order valence-corrected chi connectivity index (χ3v) is 4.10. The zero-order valence-corrected chi connectivity index (χ0v) is 12.7. The van der Waals surface area contributed by atoms with Gasteiger partial charge in [-0.05, 0) is 37.6 Å². The van der Waals surface area contributed by atoms with E-state index in [2.05, 4.69) is 17.9 Å². The van der Waals surface area contributed by atoms with Gasteiger partial charge in [0.15, 0.2) is 0 Å². The number of hydrogen-bond donors (Lipinski definition) is 1. The molecule has 1 unspecified atom stereocenters. The highest BCUT2D eigenvalue weighted by Gasteiger charge is 2.23. The summed E-state index contributed by atoms with van der Waals surface area (Å²) in [5, 5.41) is 19.0. The fraction of sp³-hybridized carbons (Fsp3) is 0.588. The van der Waals surface area contributed by atoms with E-state index in [1.165, 1.54) is 25.7 Å². The fourth-order valence-electron chi connectivity index (χ4n) is 2.98. The van der Waals surface area contributed by atoms with Gasteiger partial charge in [0, 0.05) is 12.6 Å². The van der Waals surface area contributed by atoms with Crippen molar-refractivity contribution < 1.29 is 9.84 Å². The van der Waals surface area contributed by atoms with Gasteiger partial charge in [0.25, 0.3) is 0 Å². The fourth-order valence-corrected chi connectivity index (χ4v) is 2.98. The van der Waals surface area contributed by atoms with Crippen LogP contribution in [0.3, 0.4) is 0 Å². The molecule has 1 saturated carbocycles. The van der Waals surface area contributed by atoms with Crippen LogP contribution in [0.2, 0.25) is 0 Å². The Labute approximate surface area is 127 Å². The first kappa shape index (κ1) is 15.8. The number of rotatable bonds is 7. The molecule has 114 valence electrons. The first-order chi connectivity index (χ1) is 10.2. The van der Waals surface area contributed by atoms with E-state index in [1.54, 1.807) is 18.2 Å². The molecule has 0 aromatic heterocycles. The van der Waals surface area contributed by atoms with Gasteiger partial charge >= 0.3 is 0 Å². The minimum absolute atomic E-state index is 0.262. The molecule has 0 bridgehead atoms. The Morgan fingerprint density at radius 3 is 2.86 bits per heavy atom. The van der Waals surface area contributed by atoms with Crippen LogP contribution in [0.1, 0.15) is 38.2 Å². The molecule has 4 heteroatoms. The molecular formula is C17H24N2O2. The highest BCUT2D eigenvalue weighted by Crippen LogP contribution is 2.23. The molecule has 0 aliphatic heterocycles. The Bertz CT molecular complexity index is 478. The largest absolute Gasteiger partial charge is 0.491 e. The highest BCUT2D eigenvalue weighted by atomic mass is 16.5. The Morgan fingerprint density at radius 1 is 1.43 bits per heavy atom. The summed E-state index contributed by atoms with van der Waals surface area (Å²) in [7, 11) is 0. The monoisotopic (exact) mass is 288 g/mol. The molecule has 1 aliphatic carbocycles. The maximum Gasteiger partial charge on any atom is 0.120 e. The van der Waals surface area contributed by atoms with Gasteiger partial charge in [0.2, 0.25) is 0 Å². The second-order valence-electron chi connectivity index (χ2n) is 5.63. The average molecular weight is 288 g/mol. The van der Waals surface area contributed by atoms with Crippen molar-refractivity contribution in [3.05, 3.63) is 29.8 Å². The molecule has 1 aliphatic rings. The lowest BCUT2D eigenvalue weighted by molar-refractivity contribution is 0.0551. The molecule has 0 heterocycles. The molecule has 1 atom stereocenters. The second kappa shape index (κ2) is 8.02. The molecule has 1 aromatic rings. The van der Waals surface area contributed by atoms with Gasteiger partial charge in [0.05, 0.1) is 11.6 Å². The van der Waals surface area contributed by atoms with Gasteiger partial charge in [-0.1, -0.05) is 25.8 Å². The normalized spacial score (nSPS) is 16.9. The quantitative estimate of drug-likeness (QED) is 0.838. The van der Waals surface area contributed by atoms with Crippen molar-refractivity contribution >= 4 is 0 Å². The van der Waals surface area contributed by atoms with Gasteiger partial charge in [-0.25, -0.2) is 0 Å². The third-order valence-electron chi connectivity index (χ3n) is 4.10. The van der Waals surface area contributed by atoms with E-state index in [0.717, 1.165) is 6.54 Å². The van der Waals surface area contributed by atoms with E-state index in [0.29, 0.717) is 23.9 Å². The molecule has 0 saturated heterocycles. The van der Waals surface area contributed by atoms with Crippen LogP contribution in [0.5, 0.6) is 5.75 Å². The van der Waals surface area contributed by atoms with E-state index in [9.17, 15) is 5.11 Å². The number of benzene rings is 1. The second-order valence-corrected chi connectivity index (χ2v) is 5.63. The number of aliphatic hydroxyl groups excluding tert-OH is 1. The van der Waals surface area contributed by atoms with Crippen molar-refractivity contribution in [2.24, 2.45) is 0 Å². The average Bonchev–Trinajstić information content (AvgIpc) is 3.05. The number of hydrogen-bond acceptors (Lipinski definition) is 4. The predicted octanol–water partition coefficient (Wildman–Crippen LogP) is 2.56. The number of aliphatic hydroxyl groups is 1. The minimum Gasteiger partial charge on any atom is -0.491 e. The van der Waals surface area contributed by atoms with Crippen molar-refractivity contribution in [2.75, 3.05) is 19.7 Å². The van der Waals surface area contributed by atoms with Crippen LogP contribution >= 0.6 is 0 Å². The van der Waals surface area contributed by atoms with E-state index < -0.39 is 6.10 Å². The van der Waals surface area contributed by atoms with Gasteiger partial charge in [0.1, 0.15) is 18.5 Å². The maximum atomic E-state index is 10.2. The summed E-state index contributed by atoms with van der Waals surface area (Å²) in [6, 6.07) is 9.73. The van der Waals surface area contributed by atoms with Gasteiger partial charge in [-0.2, -0.15) is 5.26 Å². The lowest BCUT2D eigenvalue weighted by Gasteiger charge is -2.29. The number of nitrogens with zero attached hydrogens (tertiary/aromatic N) is 2. The van der Waals surface area contributed by atoms with Gasteiger partial charge in [-0.15, -0.1) is 0 Å². The smallest absolute Gasteiger partial charge is 0.120 e.